The summed E-state index contributed by atoms with van der Waals surface area (Å²) in [6, 6.07) is -0.393. The number of aliphatic hydroxyl groups excluding tert-OH is 3. The highest BCUT2D eigenvalue weighted by molar-refractivity contribution is 6.28. The third kappa shape index (κ3) is 2.32. The molecule has 0 spiro atoms. The van der Waals surface area contributed by atoms with E-state index in [4.69, 9.17) is 17.3 Å². The van der Waals surface area contributed by atoms with Crippen LogP contribution in [0.5, 0.6) is 0 Å². The molecule has 2 aromatic heterocycles. The van der Waals surface area contributed by atoms with Gasteiger partial charge in [0.15, 0.2) is 11.5 Å². The van der Waals surface area contributed by atoms with Crippen molar-refractivity contribution < 1.29 is 15.3 Å². The van der Waals surface area contributed by atoms with Crippen molar-refractivity contribution in [2.45, 2.75) is 38.0 Å². The van der Waals surface area contributed by atoms with Crippen LogP contribution in [0.3, 0.4) is 0 Å². The smallest absolute Gasteiger partial charge is 0.226 e. The standard InChI is InChI=1S/C13H18ClN5O3/c1-13(4-20)3-6(7(21)2-8(13)22)19-5-16-9-10(15)17-12(14)18-11(9)19/h5-8,20-22H,2-4H2,1H3,(H2,15,17,18)/t6?,7-,8+,13+/m0/s1. The highest BCUT2D eigenvalue weighted by Gasteiger charge is 2.44. The van der Waals surface area contributed by atoms with Crippen LogP contribution in [0, 0.1) is 5.41 Å². The largest absolute Gasteiger partial charge is 0.396 e. The maximum atomic E-state index is 10.3. The molecule has 0 amide bonds. The Morgan fingerprint density at radius 1 is 1.45 bits per heavy atom. The van der Waals surface area contributed by atoms with Gasteiger partial charge in [0.2, 0.25) is 5.28 Å². The van der Waals surface area contributed by atoms with E-state index in [1.807, 2.05) is 0 Å². The van der Waals surface area contributed by atoms with Gasteiger partial charge in [-0.1, -0.05) is 6.92 Å². The number of aromatic nitrogens is 4. The van der Waals surface area contributed by atoms with Crippen LogP contribution >= 0.6 is 11.6 Å². The molecule has 9 heteroatoms. The molecule has 120 valence electrons. The van der Waals surface area contributed by atoms with Crippen molar-refractivity contribution in [3.8, 4) is 0 Å². The third-order valence-electron chi connectivity index (χ3n) is 4.53. The predicted octanol–water partition coefficient (Wildman–Crippen LogP) is 0.117. The van der Waals surface area contributed by atoms with E-state index in [0.717, 1.165) is 0 Å². The number of nitrogens with zero attached hydrogens (tertiary/aromatic N) is 4. The second-order valence-electron chi connectivity index (χ2n) is 6.10. The number of fused-ring (bicyclic) bond motifs is 1. The fraction of sp³-hybridized carbons (Fsp3) is 0.615. The van der Waals surface area contributed by atoms with Gasteiger partial charge in [0, 0.05) is 11.8 Å². The van der Waals surface area contributed by atoms with Gasteiger partial charge in [0.1, 0.15) is 5.52 Å². The van der Waals surface area contributed by atoms with Crippen molar-refractivity contribution in [3.05, 3.63) is 11.6 Å². The molecule has 1 saturated carbocycles. The summed E-state index contributed by atoms with van der Waals surface area (Å²) in [5.41, 5.74) is 5.92. The second kappa shape index (κ2) is 5.31. The minimum absolute atomic E-state index is 0.00186. The van der Waals surface area contributed by atoms with Crippen molar-refractivity contribution in [3.63, 3.8) is 0 Å². The molecule has 0 radical (unpaired) electrons. The lowest BCUT2D eigenvalue weighted by Gasteiger charge is -2.43. The number of nitrogen functional groups attached to an aromatic ring is 1. The molecule has 1 aliphatic rings. The number of rotatable bonds is 2. The zero-order chi connectivity index (χ0) is 16.1. The van der Waals surface area contributed by atoms with Crippen molar-refractivity contribution in [1.29, 1.82) is 0 Å². The Morgan fingerprint density at radius 2 is 2.18 bits per heavy atom. The molecule has 1 unspecified atom stereocenters. The number of halogens is 1. The van der Waals surface area contributed by atoms with Crippen molar-refractivity contribution in [2.75, 3.05) is 12.3 Å². The van der Waals surface area contributed by atoms with Crippen LogP contribution in [0.1, 0.15) is 25.8 Å². The first-order valence-corrected chi connectivity index (χ1v) is 7.36. The van der Waals surface area contributed by atoms with Gasteiger partial charge in [0.25, 0.3) is 0 Å². The highest BCUT2D eigenvalue weighted by Crippen LogP contribution is 2.42. The summed E-state index contributed by atoms with van der Waals surface area (Å²) >= 11 is 5.85. The van der Waals surface area contributed by atoms with E-state index >= 15 is 0 Å². The molecule has 4 atom stereocenters. The van der Waals surface area contributed by atoms with E-state index in [-0.39, 0.29) is 24.1 Å². The van der Waals surface area contributed by atoms with Gasteiger partial charge >= 0.3 is 0 Å². The van der Waals surface area contributed by atoms with Crippen LogP contribution in [0.4, 0.5) is 5.82 Å². The van der Waals surface area contributed by atoms with Crippen LogP contribution in [-0.2, 0) is 0 Å². The molecule has 22 heavy (non-hydrogen) atoms. The van der Waals surface area contributed by atoms with Gasteiger partial charge in [-0.25, -0.2) is 4.98 Å². The van der Waals surface area contributed by atoms with E-state index < -0.39 is 23.7 Å². The Bertz CT molecular complexity index is 708. The highest BCUT2D eigenvalue weighted by atomic mass is 35.5. The van der Waals surface area contributed by atoms with E-state index in [9.17, 15) is 15.3 Å². The van der Waals surface area contributed by atoms with Gasteiger partial charge in [0.05, 0.1) is 31.2 Å². The lowest BCUT2D eigenvalue weighted by molar-refractivity contribution is -0.0943. The number of nitrogens with two attached hydrogens (primary N) is 1. The van der Waals surface area contributed by atoms with Crippen molar-refractivity contribution in [1.82, 2.24) is 19.5 Å². The molecule has 1 fully saturated rings. The summed E-state index contributed by atoms with van der Waals surface area (Å²) in [5, 5.41) is 30.0. The first-order valence-electron chi connectivity index (χ1n) is 6.98. The second-order valence-corrected chi connectivity index (χ2v) is 6.44. The fourth-order valence-electron chi connectivity index (χ4n) is 3.03. The number of hydrogen-bond donors (Lipinski definition) is 4. The Morgan fingerprint density at radius 3 is 2.86 bits per heavy atom. The maximum absolute atomic E-state index is 10.3. The summed E-state index contributed by atoms with van der Waals surface area (Å²) in [4.78, 5) is 12.2. The van der Waals surface area contributed by atoms with Crippen LogP contribution in [-0.4, -0.2) is 53.7 Å². The molecule has 0 aliphatic heterocycles. The number of hydrogen-bond acceptors (Lipinski definition) is 7. The van der Waals surface area contributed by atoms with Gasteiger partial charge in [-0.3, -0.25) is 0 Å². The van der Waals surface area contributed by atoms with Crippen LogP contribution in [0.15, 0.2) is 6.33 Å². The summed E-state index contributed by atoms with van der Waals surface area (Å²) < 4.78 is 1.68. The van der Waals surface area contributed by atoms with Gasteiger partial charge in [-0.05, 0) is 18.0 Å². The summed E-state index contributed by atoms with van der Waals surface area (Å²) in [6.07, 6.45) is 0.494. The van der Waals surface area contributed by atoms with E-state index in [1.165, 1.54) is 6.33 Å². The molecule has 0 aromatic carbocycles. The quantitative estimate of drug-likeness (QED) is 0.576. The Kier molecular flexibility index (Phi) is 3.72. The summed E-state index contributed by atoms with van der Waals surface area (Å²) in [6.45, 7) is 1.61. The Balaban J connectivity index is 2.07. The average Bonchev–Trinajstić information content (AvgIpc) is 2.87. The minimum Gasteiger partial charge on any atom is -0.396 e. The molecule has 3 rings (SSSR count). The minimum atomic E-state index is -0.790. The van der Waals surface area contributed by atoms with Crippen LogP contribution in [0.2, 0.25) is 5.28 Å². The maximum Gasteiger partial charge on any atom is 0.226 e. The number of imidazole rings is 1. The normalized spacial score (nSPS) is 32.5. The average molecular weight is 328 g/mol. The van der Waals surface area contributed by atoms with Crippen molar-refractivity contribution in [2.24, 2.45) is 5.41 Å². The molecule has 8 nitrogen and oxygen atoms in total. The Labute approximate surface area is 131 Å². The molecular weight excluding hydrogens is 310 g/mol. The zero-order valence-corrected chi connectivity index (χ0v) is 12.8. The summed E-state index contributed by atoms with van der Waals surface area (Å²) in [5.74, 6) is 0.170. The van der Waals surface area contributed by atoms with Crippen molar-refractivity contribution >= 4 is 28.6 Å². The summed E-state index contributed by atoms with van der Waals surface area (Å²) in [7, 11) is 0. The molecule has 2 heterocycles. The van der Waals surface area contributed by atoms with E-state index in [1.54, 1.807) is 11.5 Å². The topological polar surface area (TPSA) is 130 Å². The van der Waals surface area contributed by atoms with Gasteiger partial charge in [-0.15, -0.1) is 0 Å². The molecule has 5 N–H and O–H groups in total. The predicted molar refractivity (Wildman–Crippen MR) is 80.2 cm³/mol. The first-order chi connectivity index (χ1) is 10.4. The lowest BCUT2D eigenvalue weighted by atomic mass is 9.70. The van der Waals surface area contributed by atoms with E-state index in [2.05, 4.69) is 15.0 Å². The van der Waals surface area contributed by atoms with Gasteiger partial charge < -0.3 is 25.6 Å². The van der Waals surface area contributed by atoms with Crippen LogP contribution in [0.25, 0.3) is 11.2 Å². The monoisotopic (exact) mass is 327 g/mol. The number of anilines is 1. The number of aliphatic hydroxyl groups is 3. The first kappa shape index (κ1) is 15.4. The lowest BCUT2D eigenvalue weighted by Crippen LogP contribution is -2.47. The molecule has 2 aromatic rings. The third-order valence-corrected chi connectivity index (χ3v) is 4.70. The van der Waals surface area contributed by atoms with Crippen LogP contribution < -0.4 is 5.73 Å². The van der Waals surface area contributed by atoms with E-state index in [0.29, 0.717) is 17.6 Å². The Hall–Kier alpha value is -1.48. The SMILES string of the molecule is C[C@]1(CO)CC(n2cnc3c(N)nc(Cl)nc32)[C@@H](O)C[C@H]1O. The molecular formula is C13H18ClN5O3. The zero-order valence-electron chi connectivity index (χ0n) is 12.0. The van der Waals surface area contributed by atoms with Gasteiger partial charge in [-0.2, -0.15) is 9.97 Å². The molecule has 0 bridgehead atoms. The fourth-order valence-corrected chi connectivity index (χ4v) is 3.20. The molecule has 0 saturated heterocycles. The molecule has 1 aliphatic carbocycles.